The molecule has 1 saturated heterocycles. The standard InChI is InChI=1S/C22H30N4O/c1-16-6-7-19-18(14-16)17-4-3-5-20-22(17)26(19)13-12-25(20)21(27)15-24-10-8-23(2)9-11-24/h6-7,14,20H,3-5,8-13,15H2,1-2H3/p+2/t20-/m0/s1. The van der Waals surface area contributed by atoms with Gasteiger partial charge in [-0.3, -0.25) is 4.79 Å². The number of rotatable bonds is 2. The highest BCUT2D eigenvalue weighted by Crippen LogP contribution is 2.42. The third kappa shape index (κ3) is 2.88. The highest BCUT2D eigenvalue weighted by atomic mass is 16.2. The van der Waals surface area contributed by atoms with E-state index in [2.05, 4.69) is 41.6 Å². The second-order valence-electron chi connectivity index (χ2n) is 8.92. The topological polar surface area (TPSA) is 34.1 Å². The van der Waals surface area contributed by atoms with E-state index in [0.717, 1.165) is 39.0 Å². The highest BCUT2D eigenvalue weighted by Gasteiger charge is 2.38. The van der Waals surface area contributed by atoms with Crippen LogP contribution < -0.4 is 9.80 Å². The van der Waals surface area contributed by atoms with Crippen molar-refractivity contribution in [2.75, 3.05) is 46.3 Å². The van der Waals surface area contributed by atoms with Crippen LogP contribution in [0.5, 0.6) is 0 Å². The number of nitrogens with zero attached hydrogens (tertiary/aromatic N) is 2. The zero-order valence-electron chi connectivity index (χ0n) is 16.7. The van der Waals surface area contributed by atoms with Crippen LogP contribution in [0.2, 0.25) is 0 Å². The van der Waals surface area contributed by atoms with Gasteiger partial charge in [0.05, 0.1) is 13.1 Å². The number of fused-ring (bicyclic) bond motifs is 3. The fraction of sp³-hybridized carbons (Fsp3) is 0.591. The van der Waals surface area contributed by atoms with Gasteiger partial charge in [-0.1, -0.05) is 11.6 Å². The van der Waals surface area contributed by atoms with Crippen LogP contribution in [0.25, 0.3) is 10.9 Å². The van der Waals surface area contributed by atoms with Crippen molar-refractivity contribution < 1.29 is 14.6 Å². The summed E-state index contributed by atoms with van der Waals surface area (Å²) in [4.78, 5) is 18.5. The van der Waals surface area contributed by atoms with E-state index in [-0.39, 0.29) is 0 Å². The van der Waals surface area contributed by atoms with E-state index in [1.54, 1.807) is 4.90 Å². The first kappa shape index (κ1) is 17.3. The molecule has 1 fully saturated rings. The summed E-state index contributed by atoms with van der Waals surface area (Å²) in [5, 5.41) is 1.43. The number of benzene rings is 1. The lowest BCUT2D eigenvalue weighted by Crippen LogP contribution is -3.27. The lowest BCUT2D eigenvalue weighted by Gasteiger charge is -2.40. The SMILES string of the molecule is Cc1ccc2c(c1)c1c3n2CCN(C(=O)C[NH+]2CC[NH+](C)CC2)[C@H]3CCC1. The van der Waals surface area contributed by atoms with Crippen LogP contribution in [0.4, 0.5) is 0 Å². The number of carbonyl (C=O) groups excluding carboxylic acids is 1. The molecule has 0 saturated carbocycles. The molecule has 3 aliphatic rings. The molecule has 5 heteroatoms. The van der Waals surface area contributed by atoms with E-state index in [0.29, 0.717) is 18.5 Å². The smallest absolute Gasteiger partial charge is 0.278 e. The molecule has 5 nitrogen and oxygen atoms in total. The van der Waals surface area contributed by atoms with Crippen molar-refractivity contribution in [3.05, 3.63) is 35.0 Å². The number of aryl methyl sites for hydroxylation is 2. The maximum absolute atomic E-state index is 13.2. The van der Waals surface area contributed by atoms with Gasteiger partial charge >= 0.3 is 0 Å². The number of aromatic nitrogens is 1. The second kappa shape index (κ2) is 6.64. The maximum atomic E-state index is 13.2. The monoisotopic (exact) mass is 368 g/mol. The van der Waals surface area contributed by atoms with Gasteiger partial charge in [-0.05, 0) is 43.9 Å². The van der Waals surface area contributed by atoms with Crippen molar-refractivity contribution in [2.24, 2.45) is 0 Å². The number of amides is 1. The van der Waals surface area contributed by atoms with Gasteiger partial charge in [0.2, 0.25) is 0 Å². The molecule has 0 spiro atoms. The number of piperazine rings is 1. The Balaban J connectivity index is 1.44. The largest absolute Gasteiger partial charge is 0.341 e. The summed E-state index contributed by atoms with van der Waals surface area (Å²) in [5.74, 6) is 0.370. The number of carbonyl (C=O) groups is 1. The molecule has 1 amide bonds. The Morgan fingerprint density at radius 1 is 1.19 bits per heavy atom. The van der Waals surface area contributed by atoms with Gasteiger partial charge in [0.15, 0.2) is 6.54 Å². The first-order chi connectivity index (χ1) is 13.1. The minimum absolute atomic E-state index is 0.292. The molecular formula is C22H32N4O+2. The summed E-state index contributed by atoms with van der Waals surface area (Å²) in [6.45, 7) is 9.29. The minimum Gasteiger partial charge on any atom is -0.341 e. The molecule has 1 aromatic carbocycles. The zero-order chi connectivity index (χ0) is 18.5. The summed E-state index contributed by atoms with van der Waals surface area (Å²) >= 11 is 0. The van der Waals surface area contributed by atoms with Crippen LogP contribution in [0, 0.1) is 6.92 Å². The predicted molar refractivity (Wildman–Crippen MR) is 106 cm³/mol. The lowest BCUT2D eigenvalue weighted by atomic mass is 9.89. The molecule has 1 aromatic heterocycles. The first-order valence-electron chi connectivity index (χ1n) is 10.7. The minimum atomic E-state index is 0.292. The van der Waals surface area contributed by atoms with E-state index in [1.165, 1.54) is 52.1 Å². The molecule has 0 unspecified atom stereocenters. The number of hydrogen-bond donors (Lipinski definition) is 2. The van der Waals surface area contributed by atoms with Crippen molar-refractivity contribution in [3.63, 3.8) is 0 Å². The third-order valence-corrected chi connectivity index (χ3v) is 7.06. The fourth-order valence-electron chi connectivity index (χ4n) is 5.54. The average Bonchev–Trinajstić information content (AvgIpc) is 2.99. The molecule has 144 valence electrons. The van der Waals surface area contributed by atoms with Gasteiger partial charge in [-0.15, -0.1) is 0 Å². The van der Waals surface area contributed by atoms with Crippen LogP contribution in [-0.4, -0.2) is 61.7 Å². The van der Waals surface area contributed by atoms with E-state index in [1.807, 2.05) is 0 Å². The summed E-state index contributed by atoms with van der Waals surface area (Å²) < 4.78 is 2.52. The molecular weight excluding hydrogens is 336 g/mol. The molecule has 0 radical (unpaired) electrons. The Morgan fingerprint density at radius 2 is 2.00 bits per heavy atom. The number of quaternary nitrogens is 2. The Kier molecular flexibility index (Phi) is 4.25. The summed E-state index contributed by atoms with van der Waals surface area (Å²) in [6, 6.07) is 7.15. The number of nitrogens with one attached hydrogen (secondary N) is 2. The molecule has 27 heavy (non-hydrogen) atoms. The van der Waals surface area contributed by atoms with Crippen LogP contribution in [0.1, 0.15) is 35.7 Å². The fourth-order valence-corrected chi connectivity index (χ4v) is 5.54. The van der Waals surface area contributed by atoms with Crippen LogP contribution in [0.15, 0.2) is 18.2 Å². The van der Waals surface area contributed by atoms with Crippen molar-refractivity contribution in [1.82, 2.24) is 9.47 Å². The predicted octanol–water partition coefficient (Wildman–Crippen LogP) is -0.417. The second-order valence-corrected chi connectivity index (χ2v) is 8.92. The van der Waals surface area contributed by atoms with Crippen LogP contribution in [0.3, 0.4) is 0 Å². The average molecular weight is 369 g/mol. The summed E-state index contributed by atoms with van der Waals surface area (Å²) in [7, 11) is 2.26. The number of hydrogen-bond acceptors (Lipinski definition) is 1. The molecule has 3 heterocycles. The quantitative estimate of drug-likeness (QED) is 0.742. The zero-order valence-corrected chi connectivity index (χ0v) is 16.7. The molecule has 2 aromatic rings. The molecule has 5 rings (SSSR count). The van der Waals surface area contributed by atoms with E-state index in [4.69, 9.17) is 0 Å². The van der Waals surface area contributed by atoms with Gasteiger partial charge < -0.3 is 19.3 Å². The van der Waals surface area contributed by atoms with Gasteiger partial charge in [-0.25, -0.2) is 0 Å². The summed E-state index contributed by atoms with van der Waals surface area (Å²) in [5.41, 5.74) is 5.66. The van der Waals surface area contributed by atoms with E-state index in [9.17, 15) is 4.79 Å². The Hall–Kier alpha value is -1.85. The molecule has 1 atom stereocenters. The highest BCUT2D eigenvalue weighted by molar-refractivity contribution is 5.87. The molecule has 2 aliphatic heterocycles. The van der Waals surface area contributed by atoms with Crippen molar-refractivity contribution in [2.45, 2.75) is 38.8 Å². The Morgan fingerprint density at radius 3 is 2.81 bits per heavy atom. The van der Waals surface area contributed by atoms with Gasteiger partial charge in [-0.2, -0.15) is 0 Å². The maximum Gasteiger partial charge on any atom is 0.278 e. The van der Waals surface area contributed by atoms with Gasteiger partial charge in [0.1, 0.15) is 26.2 Å². The lowest BCUT2D eigenvalue weighted by molar-refractivity contribution is -1.000. The van der Waals surface area contributed by atoms with E-state index >= 15 is 0 Å². The Bertz CT molecular complexity index is 878. The molecule has 1 aliphatic carbocycles. The third-order valence-electron chi connectivity index (χ3n) is 7.06. The normalized spacial score (nSPS) is 27.6. The number of likely N-dealkylation sites (N-methyl/N-ethyl adjacent to an activating group) is 1. The van der Waals surface area contributed by atoms with E-state index < -0.39 is 0 Å². The van der Waals surface area contributed by atoms with Crippen LogP contribution >= 0.6 is 0 Å². The molecule has 0 bridgehead atoms. The Labute approximate surface area is 161 Å². The summed E-state index contributed by atoms with van der Waals surface area (Å²) in [6.07, 6.45) is 3.47. The van der Waals surface area contributed by atoms with Crippen molar-refractivity contribution >= 4 is 16.8 Å². The van der Waals surface area contributed by atoms with Crippen LogP contribution in [-0.2, 0) is 17.8 Å². The first-order valence-corrected chi connectivity index (χ1v) is 10.7. The van der Waals surface area contributed by atoms with Gasteiger partial charge in [0, 0.05) is 29.7 Å². The van der Waals surface area contributed by atoms with Crippen molar-refractivity contribution in [1.29, 1.82) is 0 Å². The van der Waals surface area contributed by atoms with Crippen molar-refractivity contribution in [3.8, 4) is 0 Å². The van der Waals surface area contributed by atoms with Gasteiger partial charge in [0.25, 0.3) is 5.91 Å². The molecule has 2 N–H and O–H groups in total.